The van der Waals surface area contributed by atoms with E-state index in [1.807, 2.05) is 24.3 Å². The van der Waals surface area contributed by atoms with Crippen molar-refractivity contribution in [3.8, 4) is 0 Å². The second-order valence-electron chi connectivity index (χ2n) is 6.56. The van der Waals surface area contributed by atoms with Gasteiger partial charge in [-0.25, -0.2) is 0 Å². The summed E-state index contributed by atoms with van der Waals surface area (Å²) < 4.78 is 0.857. The zero-order chi connectivity index (χ0) is 14.0. The van der Waals surface area contributed by atoms with E-state index in [2.05, 4.69) is 42.0 Å². The Bertz CT molecular complexity index is 470. The molecule has 0 heterocycles. The molecule has 2 rings (SSSR count). The van der Waals surface area contributed by atoms with E-state index in [0.29, 0.717) is 17.4 Å². The number of hydrogen-bond acceptors (Lipinski definition) is 1. The van der Waals surface area contributed by atoms with E-state index in [9.17, 15) is 4.79 Å². The van der Waals surface area contributed by atoms with E-state index in [4.69, 9.17) is 0 Å². The van der Waals surface area contributed by atoms with Gasteiger partial charge in [0.05, 0.1) is 5.56 Å². The molecular formula is C16H22BrNO. The van der Waals surface area contributed by atoms with E-state index < -0.39 is 0 Å². The van der Waals surface area contributed by atoms with Crippen LogP contribution in [0.4, 0.5) is 0 Å². The third-order valence-corrected chi connectivity index (χ3v) is 4.53. The van der Waals surface area contributed by atoms with E-state index in [1.54, 1.807) is 0 Å². The fraction of sp³-hybridized carbons (Fsp3) is 0.562. The maximum Gasteiger partial charge on any atom is 0.252 e. The fourth-order valence-corrected chi connectivity index (χ4v) is 3.83. The molecule has 1 amide bonds. The van der Waals surface area contributed by atoms with Crippen molar-refractivity contribution in [1.29, 1.82) is 0 Å². The number of benzene rings is 1. The Labute approximate surface area is 124 Å². The molecule has 2 unspecified atom stereocenters. The van der Waals surface area contributed by atoms with Crippen LogP contribution >= 0.6 is 15.9 Å². The Hall–Kier alpha value is -0.830. The number of carbonyl (C=O) groups is 1. The van der Waals surface area contributed by atoms with E-state index in [-0.39, 0.29) is 5.91 Å². The monoisotopic (exact) mass is 323 g/mol. The lowest BCUT2D eigenvalue weighted by Crippen LogP contribution is -2.43. The quantitative estimate of drug-likeness (QED) is 0.859. The number of hydrogen-bond donors (Lipinski definition) is 1. The van der Waals surface area contributed by atoms with Gasteiger partial charge in [0.1, 0.15) is 0 Å². The van der Waals surface area contributed by atoms with Crippen LogP contribution in [0.5, 0.6) is 0 Å². The van der Waals surface area contributed by atoms with Crippen LogP contribution in [0.1, 0.15) is 50.4 Å². The van der Waals surface area contributed by atoms with Gasteiger partial charge in [-0.1, -0.05) is 32.9 Å². The van der Waals surface area contributed by atoms with Crippen LogP contribution in [0.3, 0.4) is 0 Å². The van der Waals surface area contributed by atoms with Gasteiger partial charge in [0.15, 0.2) is 0 Å². The summed E-state index contributed by atoms with van der Waals surface area (Å²) in [5.41, 5.74) is 1.04. The van der Waals surface area contributed by atoms with Crippen molar-refractivity contribution < 1.29 is 4.79 Å². The minimum atomic E-state index is 0.0300. The lowest BCUT2D eigenvalue weighted by Gasteiger charge is -2.39. The van der Waals surface area contributed by atoms with Crippen molar-refractivity contribution in [3.05, 3.63) is 34.3 Å². The highest BCUT2D eigenvalue weighted by Gasteiger charge is 2.32. The maximum absolute atomic E-state index is 12.3. The second kappa shape index (κ2) is 5.66. The Morgan fingerprint density at radius 2 is 2.00 bits per heavy atom. The predicted octanol–water partition coefficient (Wildman–Crippen LogP) is 4.39. The first-order valence-corrected chi connectivity index (χ1v) is 7.72. The van der Waals surface area contributed by atoms with E-state index in [1.165, 1.54) is 6.42 Å². The molecule has 1 N–H and O–H groups in total. The van der Waals surface area contributed by atoms with Crippen LogP contribution in [0.2, 0.25) is 0 Å². The van der Waals surface area contributed by atoms with Crippen molar-refractivity contribution >= 4 is 21.8 Å². The van der Waals surface area contributed by atoms with E-state index >= 15 is 0 Å². The van der Waals surface area contributed by atoms with Crippen LogP contribution < -0.4 is 5.32 Å². The summed E-state index contributed by atoms with van der Waals surface area (Å²) in [4.78, 5) is 12.3. The molecule has 104 valence electrons. The normalized spacial score (nSPS) is 25.9. The minimum Gasteiger partial charge on any atom is -0.349 e. The van der Waals surface area contributed by atoms with Crippen LogP contribution in [0.15, 0.2) is 28.7 Å². The van der Waals surface area contributed by atoms with Crippen molar-refractivity contribution in [2.75, 3.05) is 0 Å². The van der Waals surface area contributed by atoms with Gasteiger partial charge in [-0.3, -0.25) is 4.79 Å². The summed E-state index contributed by atoms with van der Waals surface area (Å²) in [6.07, 6.45) is 3.39. The number of carbonyl (C=O) groups excluding carboxylic acids is 1. The van der Waals surface area contributed by atoms with Gasteiger partial charge in [0.2, 0.25) is 0 Å². The topological polar surface area (TPSA) is 29.1 Å². The molecular weight excluding hydrogens is 302 g/mol. The lowest BCUT2D eigenvalue weighted by atomic mass is 9.70. The fourth-order valence-electron chi connectivity index (χ4n) is 3.36. The van der Waals surface area contributed by atoms with Gasteiger partial charge in [-0.05, 0) is 58.7 Å². The van der Waals surface area contributed by atoms with Crippen molar-refractivity contribution in [2.24, 2.45) is 11.3 Å². The molecule has 19 heavy (non-hydrogen) atoms. The Balaban J connectivity index is 2.05. The number of amides is 1. The summed E-state index contributed by atoms with van der Waals surface area (Å²) in [5, 5.41) is 3.19. The molecule has 0 aliphatic heterocycles. The average molecular weight is 324 g/mol. The highest BCUT2D eigenvalue weighted by Crippen LogP contribution is 2.38. The molecule has 1 aromatic carbocycles. The lowest BCUT2D eigenvalue weighted by molar-refractivity contribution is 0.0873. The van der Waals surface area contributed by atoms with Gasteiger partial charge >= 0.3 is 0 Å². The smallest absolute Gasteiger partial charge is 0.252 e. The summed E-state index contributed by atoms with van der Waals surface area (Å²) in [6, 6.07) is 7.87. The zero-order valence-electron chi connectivity index (χ0n) is 11.9. The maximum atomic E-state index is 12.3. The molecule has 0 bridgehead atoms. The SMILES string of the molecule is CC1CC(NC(=O)c2ccccc2Br)CC(C)(C)C1. The Morgan fingerprint density at radius 1 is 1.32 bits per heavy atom. The summed E-state index contributed by atoms with van der Waals surface area (Å²) >= 11 is 3.44. The summed E-state index contributed by atoms with van der Waals surface area (Å²) in [5.74, 6) is 0.704. The third-order valence-electron chi connectivity index (χ3n) is 3.84. The average Bonchev–Trinajstić information content (AvgIpc) is 2.26. The van der Waals surface area contributed by atoms with Gasteiger partial charge in [-0.2, -0.15) is 0 Å². The molecule has 1 fully saturated rings. The Kier molecular flexibility index (Phi) is 4.34. The molecule has 1 aliphatic rings. The number of halogens is 1. The molecule has 1 saturated carbocycles. The molecule has 3 heteroatoms. The molecule has 0 radical (unpaired) electrons. The Morgan fingerprint density at radius 3 is 2.63 bits per heavy atom. The highest BCUT2D eigenvalue weighted by molar-refractivity contribution is 9.10. The van der Waals surface area contributed by atoms with Crippen LogP contribution in [-0.4, -0.2) is 11.9 Å². The first-order valence-electron chi connectivity index (χ1n) is 6.93. The predicted molar refractivity (Wildman–Crippen MR) is 82.2 cm³/mol. The molecule has 0 saturated heterocycles. The molecule has 1 aromatic rings. The number of rotatable bonds is 2. The largest absolute Gasteiger partial charge is 0.349 e. The van der Waals surface area contributed by atoms with Gasteiger partial charge in [0.25, 0.3) is 5.91 Å². The highest BCUT2D eigenvalue weighted by atomic mass is 79.9. The van der Waals surface area contributed by atoms with Gasteiger partial charge in [-0.15, -0.1) is 0 Å². The summed E-state index contributed by atoms with van der Waals surface area (Å²) in [7, 11) is 0. The second-order valence-corrected chi connectivity index (χ2v) is 7.42. The zero-order valence-corrected chi connectivity index (χ0v) is 13.5. The molecule has 0 aromatic heterocycles. The number of nitrogens with one attached hydrogen (secondary N) is 1. The molecule has 2 atom stereocenters. The van der Waals surface area contributed by atoms with Crippen LogP contribution in [0.25, 0.3) is 0 Å². The van der Waals surface area contributed by atoms with Gasteiger partial charge < -0.3 is 5.32 Å². The first kappa shape index (κ1) is 14.6. The van der Waals surface area contributed by atoms with Crippen molar-refractivity contribution in [2.45, 2.75) is 46.1 Å². The molecule has 1 aliphatic carbocycles. The molecule has 0 spiro atoms. The van der Waals surface area contributed by atoms with Crippen LogP contribution in [0, 0.1) is 11.3 Å². The third kappa shape index (κ3) is 3.82. The first-order chi connectivity index (χ1) is 8.87. The standard InChI is InChI=1S/C16H22BrNO/c1-11-8-12(10-16(2,3)9-11)18-15(19)13-6-4-5-7-14(13)17/h4-7,11-12H,8-10H2,1-3H3,(H,18,19). The summed E-state index contributed by atoms with van der Waals surface area (Å²) in [6.45, 7) is 6.86. The van der Waals surface area contributed by atoms with Crippen molar-refractivity contribution in [3.63, 3.8) is 0 Å². The molecule has 2 nitrogen and oxygen atoms in total. The minimum absolute atomic E-state index is 0.0300. The van der Waals surface area contributed by atoms with Gasteiger partial charge in [0, 0.05) is 10.5 Å². The van der Waals surface area contributed by atoms with Crippen molar-refractivity contribution in [1.82, 2.24) is 5.32 Å². The van der Waals surface area contributed by atoms with Crippen LogP contribution in [-0.2, 0) is 0 Å². The van der Waals surface area contributed by atoms with E-state index in [0.717, 1.165) is 22.9 Å².